The highest BCUT2D eigenvalue weighted by Gasteiger charge is 2.08. The number of rotatable bonds is 6. The van der Waals surface area contributed by atoms with Crippen LogP contribution in [-0.4, -0.2) is 15.9 Å². The standard InChI is InChI=1S/C11H19ClN2O/c1-4-6-14-7-10(12)11(13-14)8-15-9(3)5-2/h7,9H,4-6,8H2,1-3H3/t9-/m1/s1. The maximum atomic E-state index is 6.04. The Morgan fingerprint density at radius 2 is 2.27 bits per heavy atom. The molecule has 0 spiro atoms. The van der Waals surface area contributed by atoms with Gasteiger partial charge in [0.1, 0.15) is 5.69 Å². The van der Waals surface area contributed by atoms with E-state index >= 15 is 0 Å². The molecule has 0 saturated heterocycles. The van der Waals surface area contributed by atoms with Crippen molar-refractivity contribution < 1.29 is 4.74 Å². The first-order valence-electron chi connectivity index (χ1n) is 5.50. The van der Waals surface area contributed by atoms with E-state index < -0.39 is 0 Å². The fourth-order valence-corrected chi connectivity index (χ4v) is 1.42. The molecule has 3 nitrogen and oxygen atoms in total. The topological polar surface area (TPSA) is 27.1 Å². The quantitative estimate of drug-likeness (QED) is 0.750. The fraction of sp³-hybridized carbons (Fsp3) is 0.727. The van der Waals surface area contributed by atoms with Gasteiger partial charge in [0.05, 0.1) is 17.7 Å². The molecule has 0 aliphatic rings. The highest BCUT2D eigenvalue weighted by Crippen LogP contribution is 2.16. The first kappa shape index (κ1) is 12.5. The van der Waals surface area contributed by atoms with Crippen molar-refractivity contribution in [3.05, 3.63) is 16.9 Å². The van der Waals surface area contributed by atoms with Gasteiger partial charge in [-0.3, -0.25) is 4.68 Å². The average Bonchev–Trinajstić information content (AvgIpc) is 2.56. The molecule has 0 aliphatic carbocycles. The second-order valence-corrected chi connectivity index (χ2v) is 4.12. The molecule has 1 heterocycles. The lowest BCUT2D eigenvalue weighted by atomic mass is 10.3. The van der Waals surface area contributed by atoms with Crippen LogP contribution in [0.4, 0.5) is 0 Å². The van der Waals surface area contributed by atoms with E-state index in [2.05, 4.69) is 25.9 Å². The molecule has 0 saturated carbocycles. The van der Waals surface area contributed by atoms with E-state index in [0.717, 1.165) is 25.1 Å². The minimum Gasteiger partial charge on any atom is -0.372 e. The zero-order valence-corrected chi connectivity index (χ0v) is 10.4. The number of hydrogen-bond acceptors (Lipinski definition) is 2. The lowest BCUT2D eigenvalue weighted by molar-refractivity contribution is 0.0486. The molecule has 0 fully saturated rings. The molecule has 0 unspecified atom stereocenters. The van der Waals surface area contributed by atoms with Crippen LogP contribution in [0.2, 0.25) is 5.02 Å². The molecule has 1 aromatic heterocycles. The van der Waals surface area contributed by atoms with E-state index in [4.69, 9.17) is 16.3 Å². The van der Waals surface area contributed by atoms with Crippen LogP contribution >= 0.6 is 11.6 Å². The molecule has 86 valence electrons. The number of nitrogens with zero attached hydrogens (tertiary/aromatic N) is 2. The SMILES string of the molecule is CCCn1cc(Cl)c(CO[C@H](C)CC)n1. The molecule has 1 aromatic rings. The summed E-state index contributed by atoms with van der Waals surface area (Å²) in [5.41, 5.74) is 0.838. The summed E-state index contributed by atoms with van der Waals surface area (Å²) < 4.78 is 7.46. The third kappa shape index (κ3) is 3.84. The van der Waals surface area contributed by atoms with Gasteiger partial charge < -0.3 is 4.74 Å². The zero-order chi connectivity index (χ0) is 11.3. The van der Waals surface area contributed by atoms with E-state index in [1.54, 1.807) is 0 Å². The largest absolute Gasteiger partial charge is 0.372 e. The van der Waals surface area contributed by atoms with Crippen molar-refractivity contribution in [1.29, 1.82) is 0 Å². The smallest absolute Gasteiger partial charge is 0.107 e. The number of hydrogen-bond donors (Lipinski definition) is 0. The maximum absolute atomic E-state index is 6.04. The Morgan fingerprint density at radius 1 is 1.53 bits per heavy atom. The van der Waals surface area contributed by atoms with Crippen molar-refractivity contribution in [2.24, 2.45) is 0 Å². The predicted octanol–water partition coefficient (Wildman–Crippen LogP) is 3.26. The average molecular weight is 231 g/mol. The van der Waals surface area contributed by atoms with Crippen LogP contribution in [0, 0.1) is 0 Å². The van der Waals surface area contributed by atoms with Crippen molar-refractivity contribution in [3.8, 4) is 0 Å². The summed E-state index contributed by atoms with van der Waals surface area (Å²) in [7, 11) is 0. The van der Waals surface area contributed by atoms with Gasteiger partial charge in [0.2, 0.25) is 0 Å². The Labute approximate surface area is 96.4 Å². The van der Waals surface area contributed by atoms with Crippen molar-refractivity contribution in [3.63, 3.8) is 0 Å². The molecule has 4 heteroatoms. The number of ether oxygens (including phenoxy) is 1. The summed E-state index contributed by atoms with van der Waals surface area (Å²) in [6.07, 6.45) is 4.19. The molecule has 0 aliphatic heterocycles. The van der Waals surface area contributed by atoms with Gasteiger partial charge in [-0.15, -0.1) is 0 Å². The highest BCUT2D eigenvalue weighted by atomic mass is 35.5. The van der Waals surface area contributed by atoms with E-state index in [0.29, 0.717) is 11.6 Å². The Hall–Kier alpha value is -0.540. The van der Waals surface area contributed by atoms with E-state index in [1.807, 2.05) is 10.9 Å². The van der Waals surface area contributed by atoms with Crippen molar-refractivity contribution in [2.75, 3.05) is 0 Å². The second kappa shape index (κ2) is 6.13. The summed E-state index contributed by atoms with van der Waals surface area (Å²) in [6, 6.07) is 0. The first-order valence-corrected chi connectivity index (χ1v) is 5.88. The number of aryl methyl sites for hydroxylation is 1. The van der Waals surface area contributed by atoms with Gasteiger partial charge in [0, 0.05) is 12.7 Å². The Morgan fingerprint density at radius 3 is 2.87 bits per heavy atom. The van der Waals surface area contributed by atoms with Crippen molar-refractivity contribution >= 4 is 11.6 Å². The lowest BCUT2D eigenvalue weighted by Gasteiger charge is -2.08. The van der Waals surface area contributed by atoms with Gasteiger partial charge >= 0.3 is 0 Å². The molecule has 0 aromatic carbocycles. The molecule has 0 N–H and O–H groups in total. The number of halogens is 1. The predicted molar refractivity (Wildman–Crippen MR) is 62.1 cm³/mol. The zero-order valence-electron chi connectivity index (χ0n) is 9.66. The van der Waals surface area contributed by atoms with Crippen LogP contribution in [0.3, 0.4) is 0 Å². The van der Waals surface area contributed by atoms with Crippen molar-refractivity contribution in [2.45, 2.75) is 52.9 Å². The van der Waals surface area contributed by atoms with Gasteiger partial charge in [-0.1, -0.05) is 25.4 Å². The summed E-state index contributed by atoms with van der Waals surface area (Å²) in [5, 5.41) is 5.07. The van der Waals surface area contributed by atoms with Gasteiger partial charge in [0.25, 0.3) is 0 Å². The summed E-state index contributed by atoms with van der Waals surface area (Å²) in [6.45, 7) is 7.68. The highest BCUT2D eigenvalue weighted by molar-refractivity contribution is 6.31. The molecule has 0 radical (unpaired) electrons. The van der Waals surface area contributed by atoms with Crippen molar-refractivity contribution in [1.82, 2.24) is 9.78 Å². The van der Waals surface area contributed by atoms with Crippen LogP contribution in [0.1, 0.15) is 39.3 Å². The monoisotopic (exact) mass is 230 g/mol. The normalized spacial score (nSPS) is 13.1. The lowest BCUT2D eigenvalue weighted by Crippen LogP contribution is -2.07. The maximum Gasteiger partial charge on any atom is 0.107 e. The van der Waals surface area contributed by atoms with E-state index in [1.165, 1.54) is 0 Å². The van der Waals surface area contributed by atoms with Gasteiger partial charge in [0.15, 0.2) is 0 Å². The summed E-state index contributed by atoms with van der Waals surface area (Å²) in [4.78, 5) is 0. The molecular weight excluding hydrogens is 212 g/mol. The molecule has 15 heavy (non-hydrogen) atoms. The Balaban J connectivity index is 2.53. The van der Waals surface area contributed by atoms with Gasteiger partial charge in [-0.2, -0.15) is 5.10 Å². The van der Waals surface area contributed by atoms with Gasteiger partial charge in [-0.25, -0.2) is 0 Å². The van der Waals surface area contributed by atoms with E-state index in [-0.39, 0.29) is 6.10 Å². The van der Waals surface area contributed by atoms with Crippen LogP contribution < -0.4 is 0 Å². The molecule has 0 amide bonds. The third-order valence-corrected chi connectivity index (χ3v) is 2.64. The summed E-state index contributed by atoms with van der Waals surface area (Å²) >= 11 is 6.04. The Bertz CT molecular complexity index is 299. The first-order chi connectivity index (χ1) is 7.17. The Kier molecular flexibility index (Phi) is 5.12. The van der Waals surface area contributed by atoms with Crippen LogP contribution in [0.25, 0.3) is 0 Å². The molecule has 0 bridgehead atoms. The third-order valence-electron chi connectivity index (χ3n) is 2.32. The van der Waals surface area contributed by atoms with E-state index in [9.17, 15) is 0 Å². The summed E-state index contributed by atoms with van der Waals surface area (Å²) in [5.74, 6) is 0. The van der Waals surface area contributed by atoms with Gasteiger partial charge in [-0.05, 0) is 19.8 Å². The second-order valence-electron chi connectivity index (χ2n) is 3.72. The molecular formula is C11H19ClN2O. The fourth-order valence-electron chi connectivity index (χ4n) is 1.22. The molecule has 1 atom stereocenters. The van der Waals surface area contributed by atoms with Crippen LogP contribution in [-0.2, 0) is 17.9 Å². The number of aromatic nitrogens is 2. The molecule has 1 rings (SSSR count). The van der Waals surface area contributed by atoms with Crippen LogP contribution in [0.15, 0.2) is 6.20 Å². The van der Waals surface area contributed by atoms with Crippen LogP contribution in [0.5, 0.6) is 0 Å². The minimum absolute atomic E-state index is 0.261. The minimum atomic E-state index is 0.261.